The van der Waals surface area contributed by atoms with Crippen molar-refractivity contribution in [1.82, 2.24) is 0 Å². The largest absolute Gasteiger partial charge is 0.458 e. The van der Waals surface area contributed by atoms with Gasteiger partial charge in [-0.3, -0.25) is 4.79 Å². The average Bonchev–Trinajstić information content (AvgIpc) is 2.89. The summed E-state index contributed by atoms with van der Waals surface area (Å²) in [5.41, 5.74) is 0.531. The van der Waals surface area contributed by atoms with Crippen molar-refractivity contribution in [3.05, 3.63) is 23.3 Å². The molecule has 138 valence electrons. The molecule has 0 unspecified atom stereocenters. The fourth-order valence-electron chi connectivity index (χ4n) is 4.65. The summed E-state index contributed by atoms with van der Waals surface area (Å²) in [7, 11) is 0. The van der Waals surface area contributed by atoms with Crippen molar-refractivity contribution in [3.63, 3.8) is 0 Å². The molecule has 0 spiro atoms. The van der Waals surface area contributed by atoms with Crippen LogP contribution in [0.25, 0.3) is 0 Å². The van der Waals surface area contributed by atoms with Gasteiger partial charge in [-0.2, -0.15) is 0 Å². The first kappa shape index (κ1) is 18.2. The van der Waals surface area contributed by atoms with E-state index in [0.717, 1.165) is 5.57 Å². The minimum atomic E-state index is -1.12. The van der Waals surface area contributed by atoms with Crippen LogP contribution < -0.4 is 0 Å². The van der Waals surface area contributed by atoms with Crippen LogP contribution in [0.3, 0.4) is 0 Å². The van der Waals surface area contributed by atoms with E-state index in [1.165, 1.54) is 0 Å². The van der Waals surface area contributed by atoms with Gasteiger partial charge >= 0.3 is 11.9 Å². The summed E-state index contributed by atoms with van der Waals surface area (Å²) in [6.45, 7) is 9.18. The van der Waals surface area contributed by atoms with Gasteiger partial charge in [-0.15, -0.1) is 0 Å². The van der Waals surface area contributed by atoms with Crippen LogP contribution in [0.15, 0.2) is 23.3 Å². The van der Waals surface area contributed by atoms with Crippen molar-refractivity contribution in [2.45, 2.75) is 65.3 Å². The fourth-order valence-corrected chi connectivity index (χ4v) is 4.65. The molecule has 0 aromatic rings. The van der Waals surface area contributed by atoms with Crippen LogP contribution >= 0.6 is 0 Å². The summed E-state index contributed by atoms with van der Waals surface area (Å²) in [6.07, 6.45) is 4.30. The highest BCUT2D eigenvalue weighted by atomic mass is 16.6. The molecule has 0 aromatic heterocycles. The molecule has 3 aliphatic rings. The third-order valence-corrected chi connectivity index (χ3v) is 6.59. The standard InChI is InChI=1S/C20H28O5/c1-6-10(2)18(21)25-17-9-13-11(3)7-16-14(12(4)19(22)24-16)8-15(13)20(17,5)23/h6-7,12-17,23H,8-9H2,1-5H3/t12-,13-,14-,15-,16+,17-,20+/m1/s1. The number of carbonyl (C=O) groups is 2. The summed E-state index contributed by atoms with van der Waals surface area (Å²) in [5.74, 6) is -0.570. The second-order valence-electron chi connectivity index (χ2n) is 8.04. The third-order valence-electron chi connectivity index (χ3n) is 6.59. The molecule has 2 aliphatic carbocycles. The van der Waals surface area contributed by atoms with Crippen LogP contribution in [0.1, 0.15) is 47.5 Å². The van der Waals surface area contributed by atoms with Crippen LogP contribution in [-0.4, -0.2) is 34.9 Å². The van der Waals surface area contributed by atoms with Crippen molar-refractivity contribution in [1.29, 1.82) is 0 Å². The van der Waals surface area contributed by atoms with Crippen molar-refractivity contribution >= 4 is 11.9 Å². The molecule has 0 amide bonds. The fraction of sp³-hybridized carbons (Fsp3) is 0.700. The van der Waals surface area contributed by atoms with E-state index in [1.54, 1.807) is 26.8 Å². The predicted octanol–water partition coefficient (Wildman–Crippen LogP) is 2.78. The van der Waals surface area contributed by atoms with E-state index < -0.39 is 11.7 Å². The maximum absolute atomic E-state index is 12.2. The quantitative estimate of drug-likeness (QED) is 0.472. The molecule has 7 atom stereocenters. The van der Waals surface area contributed by atoms with E-state index in [1.807, 2.05) is 19.9 Å². The van der Waals surface area contributed by atoms with Gasteiger partial charge in [-0.1, -0.05) is 18.6 Å². The third kappa shape index (κ3) is 2.92. The van der Waals surface area contributed by atoms with Crippen molar-refractivity contribution in [2.24, 2.45) is 23.7 Å². The van der Waals surface area contributed by atoms with Gasteiger partial charge < -0.3 is 14.6 Å². The van der Waals surface area contributed by atoms with Gasteiger partial charge in [0.1, 0.15) is 17.8 Å². The lowest BCUT2D eigenvalue weighted by Crippen LogP contribution is -2.44. The summed E-state index contributed by atoms with van der Waals surface area (Å²) in [4.78, 5) is 24.1. The predicted molar refractivity (Wildman–Crippen MR) is 92.4 cm³/mol. The van der Waals surface area contributed by atoms with Crippen molar-refractivity contribution in [3.8, 4) is 0 Å². The highest BCUT2D eigenvalue weighted by Crippen LogP contribution is 2.52. The van der Waals surface area contributed by atoms with Crippen LogP contribution in [0.2, 0.25) is 0 Å². The second kappa shape index (κ2) is 6.27. The summed E-state index contributed by atoms with van der Waals surface area (Å²) in [6, 6.07) is 0. The smallest absolute Gasteiger partial charge is 0.333 e. The Morgan fingerprint density at radius 2 is 2.12 bits per heavy atom. The molecule has 3 rings (SSSR count). The molecule has 1 N–H and O–H groups in total. The van der Waals surface area contributed by atoms with E-state index >= 15 is 0 Å². The van der Waals surface area contributed by atoms with E-state index in [-0.39, 0.29) is 41.7 Å². The van der Waals surface area contributed by atoms with Crippen molar-refractivity contribution in [2.75, 3.05) is 0 Å². The molecule has 1 saturated heterocycles. The number of aliphatic hydroxyl groups is 1. The summed E-state index contributed by atoms with van der Waals surface area (Å²) in [5, 5.41) is 11.2. The summed E-state index contributed by atoms with van der Waals surface area (Å²) < 4.78 is 11.1. The molecule has 5 nitrogen and oxygen atoms in total. The number of ether oxygens (including phenoxy) is 2. The zero-order chi connectivity index (χ0) is 18.5. The van der Waals surface area contributed by atoms with Crippen LogP contribution in [0.5, 0.6) is 0 Å². The lowest BCUT2D eigenvalue weighted by Gasteiger charge is -2.33. The van der Waals surface area contributed by atoms with E-state index in [9.17, 15) is 14.7 Å². The zero-order valence-electron chi connectivity index (χ0n) is 15.6. The summed E-state index contributed by atoms with van der Waals surface area (Å²) >= 11 is 0. The molecular weight excluding hydrogens is 320 g/mol. The van der Waals surface area contributed by atoms with Gasteiger partial charge in [0.15, 0.2) is 0 Å². The average molecular weight is 348 g/mol. The van der Waals surface area contributed by atoms with Gasteiger partial charge in [-0.25, -0.2) is 4.79 Å². The first-order valence-electron chi connectivity index (χ1n) is 9.11. The monoisotopic (exact) mass is 348 g/mol. The molecule has 1 saturated carbocycles. The molecular formula is C20H28O5. The Labute approximate surface area is 149 Å². The first-order chi connectivity index (χ1) is 11.7. The minimum absolute atomic E-state index is 0.0561. The number of hydrogen-bond donors (Lipinski definition) is 1. The maximum Gasteiger partial charge on any atom is 0.333 e. The topological polar surface area (TPSA) is 72.8 Å². The number of hydrogen-bond acceptors (Lipinski definition) is 5. The molecule has 0 aromatic carbocycles. The Kier molecular flexibility index (Phi) is 4.56. The van der Waals surface area contributed by atoms with Gasteiger partial charge in [0, 0.05) is 11.5 Å². The number of carbonyl (C=O) groups excluding carboxylic acids is 2. The van der Waals surface area contributed by atoms with Gasteiger partial charge in [-0.05, 0) is 58.4 Å². The Hall–Kier alpha value is -1.62. The molecule has 2 fully saturated rings. The Morgan fingerprint density at radius 3 is 2.76 bits per heavy atom. The van der Waals surface area contributed by atoms with E-state index in [0.29, 0.717) is 18.4 Å². The van der Waals surface area contributed by atoms with Crippen LogP contribution in [-0.2, 0) is 19.1 Å². The van der Waals surface area contributed by atoms with Gasteiger partial charge in [0.25, 0.3) is 0 Å². The number of rotatable bonds is 2. The van der Waals surface area contributed by atoms with Crippen LogP contribution in [0.4, 0.5) is 0 Å². The highest BCUT2D eigenvalue weighted by molar-refractivity contribution is 5.87. The number of allylic oxidation sites excluding steroid dienone is 2. The van der Waals surface area contributed by atoms with E-state index in [4.69, 9.17) is 9.47 Å². The number of esters is 2. The number of fused-ring (bicyclic) bond motifs is 2. The molecule has 1 heterocycles. The molecule has 1 aliphatic heterocycles. The van der Waals surface area contributed by atoms with E-state index in [2.05, 4.69) is 0 Å². The van der Waals surface area contributed by atoms with Crippen LogP contribution in [0, 0.1) is 23.7 Å². The molecule has 5 heteroatoms. The Morgan fingerprint density at radius 1 is 1.44 bits per heavy atom. The SMILES string of the molecule is CC=C(C)C(=O)O[C@@H]1C[C@@H]2C(C)=C[C@@H]3OC(=O)[C@H](C)[C@H]3C[C@H]2[C@]1(C)O. The molecule has 0 bridgehead atoms. The molecule has 25 heavy (non-hydrogen) atoms. The Balaban J connectivity index is 1.87. The minimum Gasteiger partial charge on any atom is -0.458 e. The first-order valence-corrected chi connectivity index (χ1v) is 9.11. The Bertz CT molecular complexity index is 644. The van der Waals surface area contributed by atoms with Gasteiger partial charge in [0.2, 0.25) is 0 Å². The second-order valence-corrected chi connectivity index (χ2v) is 8.04. The van der Waals surface area contributed by atoms with Crippen molar-refractivity contribution < 1.29 is 24.2 Å². The molecule has 0 radical (unpaired) electrons. The van der Waals surface area contributed by atoms with Gasteiger partial charge in [0.05, 0.1) is 5.92 Å². The highest BCUT2D eigenvalue weighted by Gasteiger charge is 2.57. The maximum atomic E-state index is 12.2. The normalized spacial score (nSPS) is 43.7. The lowest BCUT2D eigenvalue weighted by molar-refractivity contribution is -0.158. The zero-order valence-corrected chi connectivity index (χ0v) is 15.6. The lowest BCUT2D eigenvalue weighted by atomic mass is 9.76.